The van der Waals surface area contributed by atoms with E-state index in [0.29, 0.717) is 31.1 Å². The van der Waals surface area contributed by atoms with Crippen molar-refractivity contribution in [3.8, 4) is 0 Å². The summed E-state index contributed by atoms with van der Waals surface area (Å²) in [6, 6.07) is 5.44. The highest BCUT2D eigenvalue weighted by atomic mass is 16.5. The zero-order valence-electron chi connectivity index (χ0n) is 11.8. The number of rotatable bonds is 7. The number of furan rings is 2. The third kappa shape index (κ3) is 3.99. The first-order valence-electron chi connectivity index (χ1n) is 6.62. The molecule has 0 radical (unpaired) electrons. The summed E-state index contributed by atoms with van der Waals surface area (Å²) in [4.78, 5) is 11.9. The van der Waals surface area contributed by atoms with Crippen molar-refractivity contribution in [2.24, 2.45) is 0 Å². The predicted octanol–water partition coefficient (Wildman–Crippen LogP) is 2.83. The van der Waals surface area contributed by atoms with Crippen molar-refractivity contribution >= 4 is 5.91 Å². The molecule has 0 fully saturated rings. The minimum atomic E-state index is -0.106. The van der Waals surface area contributed by atoms with Gasteiger partial charge in [-0.15, -0.1) is 0 Å². The second kappa shape index (κ2) is 6.96. The van der Waals surface area contributed by atoms with Gasteiger partial charge in [0.1, 0.15) is 23.9 Å². The molecule has 0 spiro atoms. The van der Waals surface area contributed by atoms with Crippen LogP contribution in [0.1, 0.15) is 34.1 Å². The van der Waals surface area contributed by atoms with Crippen molar-refractivity contribution < 1.29 is 18.4 Å². The van der Waals surface area contributed by atoms with Crippen LogP contribution < -0.4 is 5.32 Å². The topological polar surface area (TPSA) is 64.6 Å². The smallest absolute Gasteiger partial charge is 0.254 e. The number of nitrogens with one attached hydrogen (secondary N) is 1. The van der Waals surface area contributed by atoms with Gasteiger partial charge in [-0.3, -0.25) is 4.79 Å². The standard InChI is InChI=1S/C15H19NO4/c1-11-9-14(12(2)20-11)15(17)16-6-4-7-18-10-13-5-3-8-19-13/h3,5,8-9H,4,6-7,10H2,1-2H3,(H,16,17). The van der Waals surface area contributed by atoms with Crippen molar-refractivity contribution in [3.05, 3.63) is 47.3 Å². The lowest BCUT2D eigenvalue weighted by atomic mass is 10.2. The summed E-state index contributed by atoms with van der Waals surface area (Å²) in [6.07, 6.45) is 2.37. The van der Waals surface area contributed by atoms with Crippen molar-refractivity contribution in [1.29, 1.82) is 0 Å². The lowest BCUT2D eigenvalue weighted by Crippen LogP contribution is -2.25. The Balaban J connectivity index is 1.61. The van der Waals surface area contributed by atoms with Gasteiger partial charge in [-0.2, -0.15) is 0 Å². The van der Waals surface area contributed by atoms with Crippen LogP contribution in [0.3, 0.4) is 0 Å². The fourth-order valence-corrected chi connectivity index (χ4v) is 1.90. The molecule has 0 bridgehead atoms. The van der Waals surface area contributed by atoms with Gasteiger partial charge in [-0.25, -0.2) is 0 Å². The highest BCUT2D eigenvalue weighted by molar-refractivity contribution is 5.95. The Bertz CT molecular complexity index is 542. The van der Waals surface area contributed by atoms with E-state index in [2.05, 4.69) is 5.32 Å². The zero-order valence-corrected chi connectivity index (χ0v) is 11.8. The summed E-state index contributed by atoms with van der Waals surface area (Å²) < 4.78 is 15.9. The maximum atomic E-state index is 11.9. The Morgan fingerprint density at radius 1 is 1.40 bits per heavy atom. The Morgan fingerprint density at radius 3 is 2.90 bits per heavy atom. The number of aryl methyl sites for hydroxylation is 2. The van der Waals surface area contributed by atoms with Crippen LogP contribution in [-0.2, 0) is 11.3 Å². The van der Waals surface area contributed by atoms with Crippen LogP contribution in [-0.4, -0.2) is 19.1 Å². The predicted molar refractivity (Wildman–Crippen MR) is 73.5 cm³/mol. The van der Waals surface area contributed by atoms with Crippen LogP contribution in [0.5, 0.6) is 0 Å². The first kappa shape index (κ1) is 14.4. The molecule has 20 heavy (non-hydrogen) atoms. The lowest BCUT2D eigenvalue weighted by molar-refractivity contribution is 0.0916. The summed E-state index contributed by atoms with van der Waals surface area (Å²) >= 11 is 0. The summed E-state index contributed by atoms with van der Waals surface area (Å²) in [7, 11) is 0. The molecule has 108 valence electrons. The largest absolute Gasteiger partial charge is 0.467 e. The molecular weight excluding hydrogens is 258 g/mol. The monoisotopic (exact) mass is 277 g/mol. The molecular formula is C15H19NO4. The maximum Gasteiger partial charge on any atom is 0.254 e. The van der Waals surface area contributed by atoms with Gasteiger partial charge in [0.05, 0.1) is 11.8 Å². The van der Waals surface area contributed by atoms with E-state index in [1.165, 1.54) is 0 Å². The van der Waals surface area contributed by atoms with E-state index in [1.54, 1.807) is 19.3 Å². The molecule has 0 saturated carbocycles. The third-order valence-electron chi connectivity index (χ3n) is 2.86. The van der Waals surface area contributed by atoms with Crippen molar-refractivity contribution in [2.75, 3.05) is 13.2 Å². The van der Waals surface area contributed by atoms with E-state index >= 15 is 0 Å². The molecule has 5 nitrogen and oxygen atoms in total. The van der Waals surface area contributed by atoms with Gasteiger partial charge in [-0.05, 0) is 38.5 Å². The van der Waals surface area contributed by atoms with Crippen LogP contribution in [0.4, 0.5) is 0 Å². The van der Waals surface area contributed by atoms with Crippen molar-refractivity contribution in [2.45, 2.75) is 26.9 Å². The molecule has 2 rings (SSSR count). The van der Waals surface area contributed by atoms with Gasteiger partial charge in [0.15, 0.2) is 0 Å². The van der Waals surface area contributed by atoms with Crippen LogP contribution in [0.2, 0.25) is 0 Å². The molecule has 0 aliphatic rings. The fourth-order valence-electron chi connectivity index (χ4n) is 1.90. The SMILES string of the molecule is Cc1cc(C(=O)NCCCOCc2ccco2)c(C)o1. The molecule has 2 heterocycles. The minimum absolute atomic E-state index is 0.106. The van der Waals surface area contributed by atoms with Crippen molar-refractivity contribution in [3.63, 3.8) is 0 Å². The minimum Gasteiger partial charge on any atom is -0.467 e. The summed E-state index contributed by atoms with van der Waals surface area (Å²) in [5.41, 5.74) is 0.596. The number of carbonyl (C=O) groups excluding carboxylic acids is 1. The van der Waals surface area contributed by atoms with E-state index in [9.17, 15) is 4.79 Å². The highest BCUT2D eigenvalue weighted by Gasteiger charge is 2.12. The quantitative estimate of drug-likeness (QED) is 0.790. The molecule has 0 saturated heterocycles. The summed E-state index contributed by atoms with van der Waals surface area (Å²) in [6.45, 7) is 5.21. The molecule has 2 aromatic heterocycles. The number of amides is 1. The second-order valence-electron chi connectivity index (χ2n) is 4.57. The molecule has 0 unspecified atom stereocenters. The number of hydrogen-bond donors (Lipinski definition) is 1. The van der Waals surface area contributed by atoms with Gasteiger partial charge < -0.3 is 18.9 Å². The Kier molecular flexibility index (Phi) is 5.01. The van der Waals surface area contributed by atoms with E-state index in [0.717, 1.165) is 17.9 Å². The molecule has 0 aromatic carbocycles. The molecule has 2 aromatic rings. The Morgan fingerprint density at radius 2 is 2.25 bits per heavy atom. The third-order valence-corrected chi connectivity index (χ3v) is 2.86. The van der Waals surface area contributed by atoms with Crippen LogP contribution in [0.15, 0.2) is 33.3 Å². The maximum absolute atomic E-state index is 11.9. The van der Waals surface area contributed by atoms with Gasteiger partial charge in [0.2, 0.25) is 0 Å². The first-order valence-corrected chi connectivity index (χ1v) is 6.62. The van der Waals surface area contributed by atoms with Crippen molar-refractivity contribution in [1.82, 2.24) is 5.32 Å². The van der Waals surface area contributed by atoms with Gasteiger partial charge in [0, 0.05) is 13.2 Å². The fraction of sp³-hybridized carbons (Fsp3) is 0.400. The normalized spacial score (nSPS) is 10.7. The molecule has 0 aliphatic carbocycles. The van der Waals surface area contributed by atoms with E-state index in [1.807, 2.05) is 19.1 Å². The Labute approximate surface area is 117 Å². The Hall–Kier alpha value is -2.01. The summed E-state index contributed by atoms with van der Waals surface area (Å²) in [5, 5.41) is 2.84. The second-order valence-corrected chi connectivity index (χ2v) is 4.57. The van der Waals surface area contributed by atoms with E-state index in [-0.39, 0.29) is 5.91 Å². The van der Waals surface area contributed by atoms with E-state index < -0.39 is 0 Å². The van der Waals surface area contributed by atoms with Crippen LogP contribution >= 0.6 is 0 Å². The van der Waals surface area contributed by atoms with Gasteiger partial charge >= 0.3 is 0 Å². The average molecular weight is 277 g/mol. The van der Waals surface area contributed by atoms with Crippen LogP contribution in [0, 0.1) is 13.8 Å². The number of ether oxygens (including phenoxy) is 1. The molecule has 1 N–H and O–H groups in total. The van der Waals surface area contributed by atoms with E-state index in [4.69, 9.17) is 13.6 Å². The average Bonchev–Trinajstić information content (AvgIpc) is 3.03. The number of hydrogen-bond acceptors (Lipinski definition) is 4. The first-order chi connectivity index (χ1) is 9.66. The van der Waals surface area contributed by atoms with Gasteiger partial charge in [0.25, 0.3) is 5.91 Å². The molecule has 1 amide bonds. The highest BCUT2D eigenvalue weighted by Crippen LogP contribution is 2.13. The summed E-state index contributed by atoms with van der Waals surface area (Å²) in [5.74, 6) is 2.09. The lowest BCUT2D eigenvalue weighted by Gasteiger charge is -2.05. The zero-order chi connectivity index (χ0) is 14.4. The molecule has 0 atom stereocenters. The number of carbonyl (C=O) groups is 1. The molecule has 5 heteroatoms. The van der Waals surface area contributed by atoms with Crippen LogP contribution in [0.25, 0.3) is 0 Å². The molecule has 0 aliphatic heterocycles. The van der Waals surface area contributed by atoms with Gasteiger partial charge in [-0.1, -0.05) is 0 Å².